The van der Waals surface area contributed by atoms with Crippen LogP contribution in [0.1, 0.15) is 38.2 Å². The van der Waals surface area contributed by atoms with E-state index in [1.165, 1.54) is 32.2 Å². The van der Waals surface area contributed by atoms with Crippen LogP contribution >= 0.6 is 0 Å². The minimum atomic E-state index is 0.434. The lowest BCUT2D eigenvalue weighted by atomic mass is 9.57. The molecule has 1 nitrogen and oxygen atoms in total. The van der Waals surface area contributed by atoms with Crippen molar-refractivity contribution in [3.63, 3.8) is 0 Å². The first-order chi connectivity index (χ1) is 7.81. The zero-order valence-corrected chi connectivity index (χ0v) is 10.1. The van der Waals surface area contributed by atoms with E-state index in [-0.39, 0.29) is 0 Å². The number of nitrogens with one attached hydrogen (secondary N) is 1. The number of benzene rings is 1. The molecule has 86 valence electrons. The predicted octanol–water partition coefficient (Wildman–Crippen LogP) is 3.11. The fourth-order valence-corrected chi connectivity index (χ4v) is 2.96. The molecule has 0 bridgehead atoms. The molecule has 2 aliphatic carbocycles. The van der Waals surface area contributed by atoms with Crippen molar-refractivity contribution in [1.29, 1.82) is 0 Å². The van der Waals surface area contributed by atoms with E-state index in [1.807, 2.05) is 0 Å². The van der Waals surface area contributed by atoms with Gasteiger partial charge in [-0.15, -0.1) is 0 Å². The van der Waals surface area contributed by atoms with Gasteiger partial charge in [0.05, 0.1) is 0 Å². The van der Waals surface area contributed by atoms with Gasteiger partial charge in [0.2, 0.25) is 0 Å². The Morgan fingerprint density at radius 3 is 2.44 bits per heavy atom. The lowest BCUT2D eigenvalue weighted by molar-refractivity contribution is 0.133. The van der Waals surface area contributed by atoms with E-state index in [0.717, 1.165) is 12.0 Å². The van der Waals surface area contributed by atoms with Crippen molar-refractivity contribution >= 4 is 0 Å². The van der Waals surface area contributed by atoms with Crippen LogP contribution in [0.3, 0.4) is 0 Å². The Morgan fingerprint density at radius 1 is 1.19 bits per heavy atom. The third kappa shape index (κ3) is 1.67. The molecule has 1 aromatic carbocycles. The molecule has 0 radical (unpaired) electrons. The van der Waals surface area contributed by atoms with Gasteiger partial charge in [-0.05, 0) is 37.2 Å². The molecule has 2 atom stereocenters. The van der Waals surface area contributed by atoms with Crippen LogP contribution in [0, 0.1) is 5.92 Å². The Balaban J connectivity index is 1.79. The highest BCUT2D eigenvalue weighted by Crippen LogP contribution is 2.48. The molecule has 2 aliphatic rings. The van der Waals surface area contributed by atoms with Crippen LogP contribution in [-0.2, 0) is 5.41 Å². The maximum Gasteiger partial charge on any atom is 0.0103 e. The van der Waals surface area contributed by atoms with Gasteiger partial charge >= 0.3 is 0 Å². The molecule has 1 aromatic rings. The normalized spacial score (nSPS) is 33.4. The summed E-state index contributed by atoms with van der Waals surface area (Å²) in [6, 6.07) is 11.9. The first-order valence-electron chi connectivity index (χ1n) is 6.60. The molecule has 16 heavy (non-hydrogen) atoms. The van der Waals surface area contributed by atoms with Crippen LogP contribution in [0.15, 0.2) is 30.3 Å². The van der Waals surface area contributed by atoms with Gasteiger partial charge in [-0.3, -0.25) is 0 Å². The molecule has 1 heteroatoms. The summed E-state index contributed by atoms with van der Waals surface area (Å²) in [5.41, 5.74) is 1.98. The van der Waals surface area contributed by atoms with Gasteiger partial charge in [-0.25, -0.2) is 0 Å². The summed E-state index contributed by atoms with van der Waals surface area (Å²) in [6.07, 6.45) is 5.53. The van der Waals surface area contributed by atoms with Crippen LogP contribution < -0.4 is 5.32 Å². The van der Waals surface area contributed by atoms with Gasteiger partial charge in [0.1, 0.15) is 0 Å². The second-order valence-corrected chi connectivity index (χ2v) is 5.62. The zero-order valence-electron chi connectivity index (χ0n) is 10.1. The molecule has 0 aromatic heterocycles. The van der Waals surface area contributed by atoms with E-state index in [0.29, 0.717) is 5.41 Å². The van der Waals surface area contributed by atoms with E-state index >= 15 is 0 Å². The van der Waals surface area contributed by atoms with Crippen LogP contribution in [0.2, 0.25) is 0 Å². The fraction of sp³-hybridized carbons (Fsp3) is 0.600. The van der Waals surface area contributed by atoms with E-state index in [4.69, 9.17) is 0 Å². The van der Waals surface area contributed by atoms with E-state index in [9.17, 15) is 0 Å². The van der Waals surface area contributed by atoms with Gasteiger partial charge < -0.3 is 5.32 Å². The average molecular weight is 215 g/mol. The first-order valence-corrected chi connectivity index (χ1v) is 6.60. The summed E-state index contributed by atoms with van der Waals surface area (Å²) in [5, 5.41) is 3.73. The molecule has 0 heterocycles. The first kappa shape index (κ1) is 10.3. The summed E-state index contributed by atoms with van der Waals surface area (Å²) >= 11 is 0. The van der Waals surface area contributed by atoms with Crippen molar-refractivity contribution < 1.29 is 0 Å². The van der Waals surface area contributed by atoms with Crippen molar-refractivity contribution in [2.45, 2.75) is 44.1 Å². The molecule has 0 saturated heterocycles. The zero-order chi connectivity index (χ0) is 11.0. The van der Waals surface area contributed by atoms with Crippen LogP contribution in [-0.4, -0.2) is 12.6 Å². The highest BCUT2D eigenvalue weighted by atomic mass is 15.0. The molecule has 2 fully saturated rings. The van der Waals surface area contributed by atoms with E-state index in [1.54, 1.807) is 5.56 Å². The van der Waals surface area contributed by atoms with Crippen LogP contribution in [0.25, 0.3) is 0 Å². The smallest absolute Gasteiger partial charge is 0.0103 e. The highest BCUT2D eigenvalue weighted by molar-refractivity contribution is 5.30. The third-order valence-electron chi connectivity index (χ3n) is 4.60. The monoisotopic (exact) mass is 215 g/mol. The van der Waals surface area contributed by atoms with Gasteiger partial charge in [-0.2, -0.15) is 0 Å². The second-order valence-electron chi connectivity index (χ2n) is 5.62. The summed E-state index contributed by atoms with van der Waals surface area (Å²) in [7, 11) is 0. The Kier molecular flexibility index (Phi) is 2.51. The van der Waals surface area contributed by atoms with Gasteiger partial charge in [0.15, 0.2) is 0 Å². The molecule has 1 N–H and O–H groups in total. The van der Waals surface area contributed by atoms with E-state index in [2.05, 4.69) is 42.6 Å². The van der Waals surface area contributed by atoms with Gasteiger partial charge in [0.25, 0.3) is 0 Å². The molecular formula is C15H21N. The predicted molar refractivity (Wildman–Crippen MR) is 67.5 cm³/mol. The minimum Gasteiger partial charge on any atom is -0.313 e. The molecule has 0 spiro atoms. The standard InChI is InChI=1S/C15H21N/c1-12-9-10-15(12,11-16-14-7-8-14)13-5-3-2-4-6-13/h2-6,12,14,16H,7-11H2,1H3. The van der Waals surface area contributed by atoms with Crippen molar-refractivity contribution in [3.05, 3.63) is 35.9 Å². The second kappa shape index (κ2) is 3.89. The SMILES string of the molecule is CC1CCC1(CNC1CC1)c1ccccc1. The largest absolute Gasteiger partial charge is 0.313 e. The maximum atomic E-state index is 3.73. The van der Waals surface area contributed by atoms with Crippen LogP contribution in [0.4, 0.5) is 0 Å². The quantitative estimate of drug-likeness (QED) is 0.813. The minimum absolute atomic E-state index is 0.434. The van der Waals surface area contributed by atoms with Crippen LogP contribution in [0.5, 0.6) is 0 Å². The fourth-order valence-electron chi connectivity index (χ4n) is 2.96. The lowest BCUT2D eigenvalue weighted by Crippen LogP contribution is -2.50. The Bertz CT molecular complexity index is 355. The van der Waals surface area contributed by atoms with Crippen molar-refractivity contribution in [2.24, 2.45) is 5.92 Å². The summed E-state index contributed by atoms with van der Waals surface area (Å²) < 4.78 is 0. The average Bonchev–Trinajstić information content (AvgIpc) is 3.13. The van der Waals surface area contributed by atoms with Crippen molar-refractivity contribution in [3.8, 4) is 0 Å². The number of hydrogen-bond acceptors (Lipinski definition) is 1. The summed E-state index contributed by atoms with van der Waals surface area (Å²) in [5.74, 6) is 0.834. The highest BCUT2D eigenvalue weighted by Gasteiger charge is 2.45. The third-order valence-corrected chi connectivity index (χ3v) is 4.60. The van der Waals surface area contributed by atoms with Gasteiger partial charge in [0, 0.05) is 18.0 Å². The molecule has 2 saturated carbocycles. The van der Waals surface area contributed by atoms with Crippen molar-refractivity contribution in [1.82, 2.24) is 5.32 Å². The Labute approximate surface area is 98.3 Å². The summed E-state index contributed by atoms with van der Waals surface area (Å²) in [4.78, 5) is 0. The van der Waals surface area contributed by atoms with E-state index < -0.39 is 0 Å². The number of rotatable bonds is 4. The Hall–Kier alpha value is -0.820. The molecule has 3 rings (SSSR count). The molecular weight excluding hydrogens is 194 g/mol. The maximum absolute atomic E-state index is 3.73. The Morgan fingerprint density at radius 2 is 1.94 bits per heavy atom. The molecule has 2 unspecified atom stereocenters. The number of hydrogen-bond donors (Lipinski definition) is 1. The van der Waals surface area contributed by atoms with Gasteiger partial charge in [-0.1, -0.05) is 37.3 Å². The summed E-state index contributed by atoms with van der Waals surface area (Å²) in [6.45, 7) is 3.59. The van der Waals surface area contributed by atoms with Crippen molar-refractivity contribution in [2.75, 3.05) is 6.54 Å². The molecule has 0 amide bonds. The lowest BCUT2D eigenvalue weighted by Gasteiger charge is -2.49. The topological polar surface area (TPSA) is 12.0 Å². The molecule has 0 aliphatic heterocycles.